The molecule has 5 heteroatoms. The molecule has 2 N–H and O–H groups in total. The Bertz CT molecular complexity index is 712. The molecular weight excluding hydrogens is 310 g/mol. The number of aromatic nitrogens is 1. The fourth-order valence-electron chi connectivity index (χ4n) is 3.08. The zero-order valence-corrected chi connectivity index (χ0v) is 13.3. The minimum atomic E-state index is -2.56. The maximum Gasteiger partial charge on any atom is 0.280 e. The Balaban J connectivity index is 1.85. The summed E-state index contributed by atoms with van der Waals surface area (Å²) >= 11 is 0. The number of nitrogens with two attached hydrogens (primary N) is 1. The molecule has 1 saturated carbocycles. The first kappa shape index (κ1) is 16.6. The number of alkyl halides is 2. The highest BCUT2D eigenvalue weighted by atomic mass is 19.3. The summed E-state index contributed by atoms with van der Waals surface area (Å²) in [4.78, 5) is 15.5. The highest BCUT2D eigenvalue weighted by molar-refractivity contribution is 5.94. The van der Waals surface area contributed by atoms with Gasteiger partial charge in [-0.05, 0) is 47.9 Å². The highest BCUT2D eigenvalue weighted by Crippen LogP contribution is 2.40. The lowest BCUT2D eigenvalue weighted by molar-refractivity contribution is 0.0999. The summed E-state index contributed by atoms with van der Waals surface area (Å²) in [6.45, 7) is 0. The van der Waals surface area contributed by atoms with Crippen LogP contribution < -0.4 is 5.73 Å². The summed E-state index contributed by atoms with van der Waals surface area (Å²) in [5.41, 5.74) is 7.61. The molecule has 0 spiro atoms. The summed E-state index contributed by atoms with van der Waals surface area (Å²) in [6, 6.07) is 10.4. The number of hydrogen-bond acceptors (Lipinski definition) is 2. The third-order valence-corrected chi connectivity index (χ3v) is 4.57. The van der Waals surface area contributed by atoms with Crippen LogP contribution in [0.2, 0.25) is 0 Å². The quantitative estimate of drug-likeness (QED) is 0.825. The number of amides is 1. The van der Waals surface area contributed by atoms with E-state index < -0.39 is 12.3 Å². The summed E-state index contributed by atoms with van der Waals surface area (Å²) < 4.78 is 25.4. The van der Waals surface area contributed by atoms with Gasteiger partial charge in [0.25, 0.3) is 6.43 Å². The Morgan fingerprint density at radius 3 is 2.54 bits per heavy atom. The molecule has 3 rings (SSSR count). The number of carbonyl (C=O) groups is 1. The van der Waals surface area contributed by atoms with Crippen LogP contribution in [-0.2, 0) is 6.42 Å². The number of benzene rings is 1. The molecule has 1 aromatic carbocycles. The zero-order valence-electron chi connectivity index (χ0n) is 13.3. The predicted octanol–water partition coefficient (Wildman–Crippen LogP) is 4.24. The fourth-order valence-corrected chi connectivity index (χ4v) is 3.08. The van der Waals surface area contributed by atoms with Crippen LogP contribution in [-0.4, -0.2) is 10.9 Å². The number of primary amides is 1. The Morgan fingerprint density at radius 2 is 1.96 bits per heavy atom. The minimum absolute atomic E-state index is 0.150. The van der Waals surface area contributed by atoms with Crippen LogP contribution >= 0.6 is 0 Å². The van der Waals surface area contributed by atoms with E-state index in [4.69, 9.17) is 5.73 Å². The predicted molar refractivity (Wildman–Crippen MR) is 87.9 cm³/mol. The van der Waals surface area contributed by atoms with Crippen molar-refractivity contribution < 1.29 is 13.6 Å². The van der Waals surface area contributed by atoms with E-state index in [1.54, 1.807) is 24.4 Å². The number of nitrogens with zero attached hydrogens (tertiary/aromatic N) is 1. The van der Waals surface area contributed by atoms with Crippen LogP contribution in [0.25, 0.3) is 0 Å². The molecule has 0 radical (unpaired) electrons. The van der Waals surface area contributed by atoms with Gasteiger partial charge in [-0.15, -0.1) is 0 Å². The minimum Gasteiger partial charge on any atom is -0.366 e. The van der Waals surface area contributed by atoms with Gasteiger partial charge in [-0.25, -0.2) is 8.78 Å². The standard InChI is InChI=1S/C19H20F2N2O/c20-18(21)17-8-7-14(11-23-17)15(9-12-5-6-12)10-13-3-1-2-4-16(13)19(22)24/h1-4,7-8,11-12,15,18H,5-6,9-10H2,(H2,22,24). The van der Waals surface area contributed by atoms with Gasteiger partial charge in [0.15, 0.2) is 0 Å². The van der Waals surface area contributed by atoms with Gasteiger partial charge in [-0.1, -0.05) is 37.1 Å². The molecule has 1 heterocycles. The molecule has 1 amide bonds. The second kappa shape index (κ2) is 7.07. The number of halogens is 2. The smallest absolute Gasteiger partial charge is 0.280 e. The molecule has 1 aliphatic rings. The lowest BCUT2D eigenvalue weighted by Crippen LogP contribution is -2.15. The molecular formula is C19H20F2N2O. The molecule has 0 aliphatic heterocycles. The summed E-state index contributed by atoms with van der Waals surface area (Å²) in [5.74, 6) is 0.379. The number of rotatable bonds is 7. The van der Waals surface area contributed by atoms with Crippen LogP contribution in [0.15, 0.2) is 42.6 Å². The van der Waals surface area contributed by atoms with E-state index in [1.165, 1.54) is 18.9 Å². The third-order valence-electron chi connectivity index (χ3n) is 4.57. The van der Waals surface area contributed by atoms with Crippen molar-refractivity contribution in [2.45, 2.75) is 38.0 Å². The van der Waals surface area contributed by atoms with Crippen LogP contribution in [0.4, 0.5) is 8.78 Å². The molecule has 1 atom stereocenters. The van der Waals surface area contributed by atoms with Gasteiger partial charge in [0.2, 0.25) is 5.91 Å². The van der Waals surface area contributed by atoms with Crippen LogP contribution in [0.5, 0.6) is 0 Å². The molecule has 2 aromatic rings. The lowest BCUT2D eigenvalue weighted by Gasteiger charge is -2.19. The van der Waals surface area contributed by atoms with Crippen LogP contribution in [0.1, 0.15) is 58.8 Å². The molecule has 1 unspecified atom stereocenters. The lowest BCUT2D eigenvalue weighted by atomic mass is 9.86. The van der Waals surface area contributed by atoms with Gasteiger partial charge in [0, 0.05) is 11.8 Å². The fraction of sp³-hybridized carbons (Fsp3) is 0.368. The first-order valence-electron chi connectivity index (χ1n) is 8.16. The van der Waals surface area contributed by atoms with Gasteiger partial charge >= 0.3 is 0 Å². The Kier molecular flexibility index (Phi) is 4.88. The van der Waals surface area contributed by atoms with Gasteiger partial charge in [0.05, 0.1) is 0 Å². The third kappa shape index (κ3) is 3.96. The monoisotopic (exact) mass is 330 g/mol. The van der Waals surface area contributed by atoms with Gasteiger partial charge in [-0.2, -0.15) is 0 Å². The Labute approximate surface area is 139 Å². The van der Waals surface area contributed by atoms with Crippen molar-refractivity contribution in [1.29, 1.82) is 0 Å². The average molecular weight is 330 g/mol. The second-order valence-corrected chi connectivity index (χ2v) is 6.42. The molecule has 24 heavy (non-hydrogen) atoms. The van der Waals surface area contributed by atoms with Crippen molar-refractivity contribution >= 4 is 5.91 Å². The van der Waals surface area contributed by atoms with Crippen molar-refractivity contribution in [2.24, 2.45) is 11.7 Å². The van der Waals surface area contributed by atoms with Crippen LogP contribution in [0, 0.1) is 5.92 Å². The van der Waals surface area contributed by atoms with Crippen LogP contribution in [0.3, 0.4) is 0 Å². The van der Waals surface area contributed by atoms with E-state index in [2.05, 4.69) is 4.98 Å². The molecule has 3 nitrogen and oxygen atoms in total. The van der Waals surface area contributed by atoms with E-state index in [-0.39, 0.29) is 11.6 Å². The average Bonchev–Trinajstić information content (AvgIpc) is 3.39. The number of carbonyl (C=O) groups excluding carboxylic acids is 1. The maximum atomic E-state index is 12.7. The maximum absolute atomic E-state index is 12.7. The number of hydrogen-bond donors (Lipinski definition) is 1. The van der Waals surface area contributed by atoms with E-state index in [0.717, 1.165) is 17.5 Å². The van der Waals surface area contributed by atoms with Crippen molar-refractivity contribution in [2.75, 3.05) is 0 Å². The summed E-state index contributed by atoms with van der Waals surface area (Å²) in [7, 11) is 0. The summed E-state index contributed by atoms with van der Waals surface area (Å²) in [6.07, 6.45) is 3.03. The van der Waals surface area contributed by atoms with Gasteiger partial charge < -0.3 is 5.73 Å². The molecule has 1 aliphatic carbocycles. The Morgan fingerprint density at radius 1 is 1.21 bits per heavy atom. The largest absolute Gasteiger partial charge is 0.366 e. The SMILES string of the molecule is NC(=O)c1ccccc1CC(CC1CC1)c1ccc(C(F)F)nc1. The first-order chi connectivity index (χ1) is 11.5. The second-order valence-electron chi connectivity index (χ2n) is 6.42. The van der Waals surface area contributed by atoms with Crippen molar-refractivity contribution in [3.05, 3.63) is 65.0 Å². The van der Waals surface area contributed by atoms with Gasteiger partial charge in [-0.3, -0.25) is 9.78 Å². The first-order valence-corrected chi connectivity index (χ1v) is 8.16. The summed E-state index contributed by atoms with van der Waals surface area (Å²) in [5, 5.41) is 0. The number of pyridine rings is 1. The molecule has 0 bridgehead atoms. The van der Waals surface area contributed by atoms with Crippen molar-refractivity contribution in [3.63, 3.8) is 0 Å². The molecule has 126 valence electrons. The molecule has 1 aromatic heterocycles. The van der Waals surface area contributed by atoms with E-state index >= 15 is 0 Å². The van der Waals surface area contributed by atoms with E-state index in [9.17, 15) is 13.6 Å². The van der Waals surface area contributed by atoms with Gasteiger partial charge in [0.1, 0.15) is 5.69 Å². The molecule has 0 saturated heterocycles. The van der Waals surface area contributed by atoms with E-state index in [1.807, 2.05) is 12.1 Å². The zero-order chi connectivity index (χ0) is 17.1. The van der Waals surface area contributed by atoms with Crippen molar-refractivity contribution in [3.8, 4) is 0 Å². The van der Waals surface area contributed by atoms with E-state index in [0.29, 0.717) is 17.9 Å². The van der Waals surface area contributed by atoms with Crippen molar-refractivity contribution in [1.82, 2.24) is 4.98 Å². The topological polar surface area (TPSA) is 56.0 Å². The highest BCUT2D eigenvalue weighted by Gasteiger charge is 2.27. The Hall–Kier alpha value is -2.30. The molecule has 1 fully saturated rings. The normalized spacial score (nSPS) is 15.5.